The van der Waals surface area contributed by atoms with Crippen LogP contribution < -0.4 is 5.69 Å². The molecule has 1 heterocycles. The molecule has 1 atom stereocenters. The van der Waals surface area contributed by atoms with Crippen LogP contribution in [0.1, 0.15) is 18.6 Å². The predicted octanol–water partition coefficient (Wildman–Crippen LogP) is 1.45. The van der Waals surface area contributed by atoms with E-state index in [9.17, 15) is 14.3 Å². The van der Waals surface area contributed by atoms with Gasteiger partial charge in [-0.05, 0) is 30.8 Å². The highest BCUT2D eigenvalue weighted by molar-refractivity contribution is 7.99. The number of nitrogens with zero attached hydrogens (tertiary/aromatic N) is 2. The number of rotatable bonds is 3. The fraction of sp³-hybridized carbons (Fsp3) is 0.273. The number of hydrogen-bond acceptors (Lipinski definition) is 4. The molecule has 0 aliphatic heterocycles. The Balaban J connectivity index is 2.43. The summed E-state index contributed by atoms with van der Waals surface area (Å²) < 4.78 is 15.0. The Hall–Kier alpha value is -1.60. The topological polar surface area (TPSA) is 70.9 Å². The normalized spacial score (nSPS) is 12.7. The number of nitrogens with one attached hydrogen (secondary N) is 1. The van der Waals surface area contributed by atoms with Crippen molar-refractivity contribution >= 4 is 11.8 Å². The first-order chi connectivity index (χ1) is 8.50. The first kappa shape index (κ1) is 12.8. The number of H-pyrrole nitrogens is 1. The van der Waals surface area contributed by atoms with E-state index in [0.717, 1.165) is 11.8 Å². The van der Waals surface area contributed by atoms with Crippen LogP contribution in [0.15, 0.2) is 33.0 Å². The standard InChI is InChI=1S/C11H12FN3O2S/c1-6(16)9-7(12)4-3-5-8(9)18-11-14-13-10(17)15(11)2/h3-6,16H,1-2H3,(H,13,17). The van der Waals surface area contributed by atoms with Crippen molar-refractivity contribution in [3.8, 4) is 0 Å². The van der Waals surface area contributed by atoms with E-state index in [-0.39, 0.29) is 11.3 Å². The molecule has 2 rings (SSSR count). The molecule has 0 amide bonds. The van der Waals surface area contributed by atoms with Crippen molar-refractivity contribution < 1.29 is 9.50 Å². The van der Waals surface area contributed by atoms with Gasteiger partial charge in [-0.3, -0.25) is 4.57 Å². The minimum absolute atomic E-state index is 0.206. The highest BCUT2D eigenvalue weighted by Crippen LogP contribution is 2.33. The second-order valence-electron chi connectivity index (χ2n) is 3.80. The van der Waals surface area contributed by atoms with E-state index in [4.69, 9.17) is 0 Å². The van der Waals surface area contributed by atoms with Gasteiger partial charge in [-0.2, -0.15) is 0 Å². The summed E-state index contributed by atoms with van der Waals surface area (Å²) in [4.78, 5) is 11.8. The molecule has 0 radical (unpaired) electrons. The van der Waals surface area contributed by atoms with Gasteiger partial charge >= 0.3 is 5.69 Å². The summed E-state index contributed by atoms with van der Waals surface area (Å²) in [5, 5.41) is 16.1. The number of hydrogen-bond donors (Lipinski definition) is 2. The van der Waals surface area contributed by atoms with Crippen LogP contribution in [0, 0.1) is 5.82 Å². The lowest BCUT2D eigenvalue weighted by atomic mass is 10.1. The second kappa shape index (κ2) is 4.95. The van der Waals surface area contributed by atoms with Gasteiger partial charge in [0, 0.05) is 17.5 Å². The maximum Gasteiger partial charge on any atom is 0.343 e. The van der Waals surface area contributed by atoms with Gasteiger partial charge in [-0.15, -0.1) is 5.10 Å². The summed E-state index contributed by atoms with van der Waals surface area (Å²) in [5.74, 6) is -0.476. The van der Waals surface area contributed by atoms with Crippen LogP contribution in [0.5, 0.6) is 0 Å². The minimum atomic E-state index is -0.926. The zero-order valence-corrected chi connectivity index (χ0v) is 10.7. The Labute approximate surface area is 107 Å². The van der Waals surface area contributed by atoms with Crippen molar-refractivity contribution in [2.75, 3.05) is 0 Å². The van der Waals surface area contributed by atoms with Crippen LogP contribution in [0.25, 0.3) is 0 Å². The average molecular weight is 269 g/mol. The number of halogens is 1. The van der Waals surface area contributed by atoms with Crippen molar-refractivity contribution in [3.63, 3.8) is 0 Å². The van der Waals surface area contributed by atoms with Gasteiger partial charge in [0.1, 0.15) is 5.82 Å². The average Bonchev–Trinajstić information content (AvgIpc) is 2.60. The number of benzene rings is 1. The molecule has 2 N–H and O–H groups in total. The zero-order chi connectivity index (χ0) is 13.3. The summed E-state index contributed by atoms with van der Waals surface area (Å²) in [6.07, 6.45) is -0.926. The first-order valence-corrected chi connectivity index (χ1v) is 6.08. The van der Waals surface area contributed by atoms with E-state index in [1.807, 2.05) is 0 Å². The molecule has 1 aromatic heterocycles. The largest absolute Gasteiger partial charge is 0.389 e. The summed E-state index contributed by atoms with van der Waals surface area (Å²) >= 11 is 1.12. The molecule has 0 bridgehead atoms. The van der Waals surface area contributed by atoms with Gasteiger partial charge in [-0.25, -0.2) is 14.3 Å². The number of aromatic nitrogens is 3. The Bertz CT molecular complexity index is 621. The summed E-state index contributed by atoms with van der Waals surface area (Å²) in [6.45, 7) is 1.49. The van der Waals surface area contributed by atoms with Gasteiger partial charge in [-0.1, -0.05) is 6.07 Å². The SMILES string of the molecule is CC(O)c1c(F)cccc1Sc1n[nH]c(=O)n1C. The van der Waals surface area contributed by atoms with Crippen molar-refractivity contribution in [1.82, 2.24) is 14.8 Å². The van der Waals surface area contributed by atoms with Gasteiger partial charge in [0.25, 0.3) is 0 Å². The molecule has 0 saturated heterocycles. The molecule has 1 unspecified atom stereocenters. The van der Waals surface area contributed by atoms with Gasteiger partial charge in [0.05, 0.1) is 6.10 Å². The maximum absolute atomic E-state index is 13.6. The van der Waals surface area contributed by atoms with Crippen LogP contribution in [0.4, 0.5) is 4.39 Å². The van der Waals surface area contributed by atoms with Crippen LogP contribution in [-0.4, -0.2) is 19.9 Å². The quantitative estimate of drug-likeness (QED) is 0.884. The summed E-state index contributed by atoms with van der Waals surface area (Å²) in [5.41, 5.74) is -0.134. The number of aliphatic hydroxyl groups excluding tert-OH is 1. The lowest BCUT2D eigenvalue weighted by Gasteiger charge is -2.11. The van der Waals surface area contributed by atoms with Crippen molar-refractivity contribution in [3.05, 3.63) is 40.1 Å². The fourth-order valence-electron chi connectivity index (χ4n) is 1.53. The van der Waals surface area contributed by atoms with Crippen molar-refractivity contribution in [2.24, 2.45) is 7.05 Å². The van der Waals surface area contributed by atoms with Gasteiger partial charge < -0.3 is 5.11 Å². The molecule has 1 aromatic carbocycles. The Morgan fingerprint density at radius 1 is 1.56 bits per heavy atom. The number of aliphatic hydroxyl groups is 1. The molecule has 0 saturated carbocycles. The Morgan fingerprint density at radius 3 is 2.83 bits per heavy atom. The Kier molecular flexibility index (Phi) is 3.53. The molecule has 5 nitrogen and oxygen atoms in total. The summed E-state index contributed by atoms with van der Waals surface area (Å²) in [7, 11) is 1.56. The van der Waals surface area contributed by atoms with Crippen molar-refractivity contribution in [1.29, 1.82) is 0 Å². The van der Waals surface area contributed by atoms with E-state index in [0.29, 0.717) is 10.1 Å². The molecular weight excluding hydrogens is 257 g/mol. The van der Waals surface area contributed by atoms with Gasteiger partial charge in [0.2, 0.25) is 0 Å². The molecule has 96 valence electrons. The fourth-order valence-corrected chi connectivity index (χ4v) is 2.57. The first-order valence-electron chi connectivity index (χ1n) is 5.26. The molecule has 0 fully saturated rings. The zero-order valence-electron chi connectivity index (χ0n) is 9.85. The minimum Gasteiger partial charge on any atom is -0.389 e. The van der Waals surface area contributed by atoms with E-state index in [1.165, 1.54) is 17.6 Å². The summed E-state index contributed by atoms with van der Waals surface area (Å²) in [6, 6.07) is 4.51. The molecule has 0 aliphatic carbocycles. The number of aromatic amines is 1. The lowest BCUT2D eigenvalue weighted by molar-refractivity contribution is 0.191. The Morgan fingerprint density at radius 2 is 2.28 bits per heavy atom. The van der Waals surface area contributed by atoms with Crippen LogP contribution >= 0.6 is 11.8 Å². The molecule has 0 spiro atoms. The van der Waals surface area contributed by atoms with E-state index < -0.39 is 11.9 Å². The molecular formula is C11H12FN3O2S. The smallest absolute Gasteiger partial charge is 0.343 e. The predicted molar refractivity (Wildman–Crippen MR) is 65.0 cm³/mol. The highest BCUT2D eigenvalue weighted by atomic mass is 32.2. The van der Waals surface area contributed by atoms with E-state index in [1.54, 1.807) is 19.2 Å². The third-order valence-corrected chi connectivity index (χ3v) is 3.59. The lowest BCUT2D eigenvalue weighted by Crippen LogP contribution is -2.12. The third kappa shape index (κ3) is 2.32. The highest BCUT2D eigenvalue weighted by Gasteiger charge is 2.16. The second-order valence-corrected chi connectivity index (χ2v) is 4.81. The van der Waals surface area contributed by atoms with Crippen molar-refractivity contribution in [2.45, 2.75) is 23.1 Å². The maximum atomic E-state index is 13.6. The van der Waals surface area contributed by atoms with Gasteiger partial charge in [0.15, 0.2) is 5.16 Å². The third-order valence-electron chi connectivity index (χ3n) is 2.47. The molecule has 0 aliphatic rings. The molecule has 2 aromatic rings. The van der Waals surface area contributed by atoms with Crippen LogP contribution in [0.2, 0.25) is 0 Å². The molecule has 7 heteroatoms. The van der Waals surface area contributed by atoms with Crippen LogP contribution in [0.3, 0.4) is 0 Å². The van der Waals surface area contributed by atoms with E-state index in [2.05, 4.69) is 10.2 Å². The van der Waals surface area contributed by atoms with E-state index >= 15 is 0 Å². The van der Waals surface area contributed by atoms with Crippen LogP contribution in [-0.2, 0) is 7.05 Å². The molecule has 18 heavy (non-hydrogen) atoms. The monoisotopic (exact) mass is 269 g/mol.